The Balaban J connectivity index is 2.00. The number of hydrogen-bond acceptors (Lipinski definition) is 7. The zero-order valence-electron chi connectivity index (χ0n) is 12.7. The van der Waals surface area contributed by atoms with E-state index in [0.717, 1.165) is 37.6 Å². The lowest BCUT2D eigenvalue weighted by molar-refractivity contribution is 0.0158. The Morgan fingerprint density at radius 1 is 1.38 bits per heavy atom. The number of nitrogens with zero attached hydrogens (tertiary/aromatic N) is 3. The van der Waals surface area contributed by atoms with Crippen molar-refractivity contribution in [3.63, 3.8) is 0 Å². The van der Waals surface area contributed by atoms with Crippen LogP contribution in [0.4, 0.5) is 11.6 Å². The maximum atomic E-state index is 8.79. The molecule has 7 heteroatoms. The Bertz CT molecular complexity index is 436. The summed E-state index contributed by atoms with van der Waals surface area (Å²) >= 11 is 0. The Hall–Kier alpha value is -1.44. The Labute approximate surface area is 125 Å². The number of rotatable bonds is 7. The summed E-state index contributed by atoms with van der Waals surface area (Å²) in [4.78, 5) is 11.2. The molecule has 21 heavy (non-hydrogen) atoms. The molecule has 1 fully saturated rings. The molecule has 0 amide bonds. The zero-order valence-corrected chi connectivity index (χ0v) is 12.7. The van der Waals surface area contributed by atoms with Gasteiger partial charge in [0, 0.05) is 33.3 Å². The largest absolute Gasteiger partial charge is 0.394 e. The molecule has 2 N–H and O–H groups in total. The highest BCUT2D eigenvalue weighted by Crippen LogP contribution is 2.22. The van der Waals surface area contributed by atoms with E-state index in [4.69, 9.17) is 14.6 Å². The maximum Gasteiger partial charge on any atom is 0.158 e. The molecular weight excluding hydrogens is 272 g/mol. The van der Waals surface area contributed by atoms with Gasteiger partial charge in [0.15, 0.2) is 5.82 Å². The van der Waals surface area contributed by atoms with Crippen LogP contribution in [-0.2, 0) is 16.1 Å². The van der Waals surface area contributed by atoms with Gasteiger partial charge in [-0.05, 0) is 12.8 Å². The van der Waals surface area contributed by atoms with Crippen LogP contribution in [0.15, 0.2) is 6.07 Å². The van der Waals surface area contributed by atoms with Gasteiger partial charge in [-0.25, -0.2) is 9.97 Å². The van der Waals surface area contributed by atoms with Crippen LogP contribution in [0.3, 0.4) is 0 Å². The van der Waals surface area contributed by atoms with E-state index in [9.17, 15) is 0 Å². The summed E-state index contributed by atoms with van der Waals surface area (Å²) in [7, 11) is 3.48. The lowest BCUT2D eigenvalue weighted by Gasteiger charge is -2.32. The van der Waals surface area contributed by atoms with Crippen molar-refractivity contribution in [2.75, 3.05) is 50.7 Å². The smallest absolute Gasteiger partial charge is 0.158 e. The molecule has 1 saturated heterocycles. The first-order valence-corrected chi connectivity index (χ1v) is 7.29. The van der Waals surface area contributed by atoms with Crippen molar-refractivity contribution in [3.05, 3.63) is 11.9 Å². The number of ether oxygens (including phenoxy) is 2. The van der Waals surface area contributed by atoms with Crippen molar-refractivity contribution >= 4 is 11.6 Å². The molecule has 0 saturated carbocycles. The maximum absolute atomic E-state index is 8.79. The number of hydrogen-bond donors (Lipinski definition) is 2. The first-order valence-electron chi connectivity index (χ1n) is 7.29. The molecule has 0 aromatic carbocycles. The molecule has 7 nitrogen and oxygen atoms in total. The first kappa shape index (κ1) is 15.9. The molecule has 0 radical (unpaired) electrons. The molecule has 1 aromatic rings. The molecule has 2 heterocycles. The predicted molar refractivity (Wildman–Crippen MR) is 80.6 cm³/mol. The van der Waals surface area contributed by atoms with Crippen molar-refractivity contribution < 1.29 is 14.6 Å². The number of methoxy groups -OCH3 is 1. The van der Waals surface area contributed by atoms with Crippen LogP contribution in [0.1, 0.15) is 18.7 Å². The molecule has 1 aliphatic rings. The van der Waals surface area contributed by atoms with E-state index in [1.165, 1.54) is 0 Å². The summed E-state index contributed by atoms with van der Waals surface area (Å²) in [5.41, 5.74) is 0. The number of aliphatic hydroxyl groups is 1. The number of piperidine rings is 1. The SMILES string of the molecule is CNc1cc(N2CCC(OCCO)CC2)nc(COC)n1. The van der Waals surface area contributed by atoms with Crippen LogP contribution in [0.25, 0.3) is 0 Å². The van der Waals surface area contributed by atoms with Gasteiger partial charge >= 0.3 is 0 Å². The fourth-order valence-electron chi connectivity index (χ4n) is 2.44. The standard InChI is InChI=1S/C14H24N4O3/c1-15-12-9-14(17-13(16-12)10-20-2)18-5-3-11(4-6-18)21-8-7-19/h9,11,19H,3-8,10H2,1-2H3,(H,15,16,17). The molecule has 118 valence electrons. The molecule has 0 bridgehead atoms. The monoisotopic (exact) mass is 296 g/mol. The average molecular weight is 296 g/mol. The van der Waals surface area contributed by atoms with E-state index in [2.05, 4.69) is 20.2 Å². The van der Waals surface area contributed by atoms with Crippen LogP contribution < -0.4 is 10.2 Å². The van der Waals surface area contributed by atoms with E-state index in [-0.39, 0.29) is 12.7 Å². The number of anilines is 2. The second-order valence-electron chi connectivity index (χ2n) is 4.99. The van der Waals surface area contributed by atoms with Crippen LogP contribution >= 0.6 is 0 Å². The minimum Gasteiger partial charge on any atom is -0.394 e. The molecular formula is C14H24N4O3. The average Bonchev–Trinajstić information content (AvgIpc) is 2.53. The molecule has 0 aliphatic carbocycles. The minimum absolute atomic E-state index is 0.0814. The summed E-state index contributed by atoms with van der Waals surface area (Å²) in [5, 5.41) is 11.9. The van der Waals surface area contributed by atoms with Gasteiger partial charge in [0.25, 0.3) is 0 Å². The fraction of sp³-hybridized carbons (Fsp3) is 0.714. The topological polar surface area (TPSA) is 79.7 Å². The number of nitrogens with one attached hydrogen (secondary N) is 1. The van der Waals surface area contributed by atoms with E-state index in [1.54, 1.807) is 7.11 Å². The zero-order chi connectivity index (χ0) is 15.1. The quantitative estimate of drug-likeness (QED) is 0.764. The van der Waals surface area contributed by atoms with Gasteiger partial charge in [0.1, 0.15) is 18.2 Å². The first-order chi connectivity index (χ1) is 10.3. The van der Waals surface area contributed by atoms with E-state index >= 15 is 0 Å². The third-order valence-electron chi connectivity index (χ3n) is 3.50. The lowest BCUT2D eigenvalue weighted by atomic mass is 10.1. The molecule has 0 atom stereocenters. The summed E-state index contributed by atoms with van der Waals surface area (Å²) in [6.07, 6.45) is 2.12. The summed E-state index contributed by atoms with van der Waals surface area (Å²) in [5.74, 6) is 2.39. The molecule has 0 unspecified atom stereocenters. The van der Waals surface area contributed by atoms with Crippen LogP contribution in [0.5, 0.6) is 0 Å². The second kappa shape index (κ2) is 8.11. The number of aromatic nitrogens is 2. The molecule has 0 spiro atoms. The van der Waals surface area contributed by atoms with Gasteiger partial charge in [-0.3, -0.25) is 0 Å². The van der Waals surface area contributed by atoms with Gasteiger partial charge in [-0.1, -0.05) is 0 Å². The van der Waals surface area contributed by atoms with Crippen molar-refractivity contribution in [1.29, 1.82) is 0 Å². The normalized spacial score (nSPS) is 16.2. The van der Waals surface area contributed by atoms with Gasteiger partial charge in [-0.2, -0.15) is 0 Å². The lowest BCUT2D eigenvalue weighted by Crippen LogP contribution is -2.38. The van der Waals surface area contributed by atoms with Crippen molar-refractivity contribution in [2.45, 2.75) is 25.6 Å². The van der Waals surface area contributed by atoms with Crippen molar-refractivity contribution in [1.82, 2.24) is 9.97 Å². The van der Waals surface area contributed by atoms with Crippen LogP contribution in [-0.4, -0.2) is 61.6 Å². The second-order valence-corrected chi connectivity index (χ2v) is 4.99. The Morgan fingerprint density at radius 3 is 2.76 bits per heavy atom. The number of aliphatic hydroxyl groups excluding tert-OH is 1. The van der Waals surface area contributed by atoms with Gasteiger partial charge < -0.3 is 24.8 Å². The van der Waals surface area contributed by atoms with E-state index in [1.807, 2.05) is 13.1 Å². The molecule has 1 aliphatic heterocycles. The summed E-state index contributed by atoms with van der Waals surface area (Å²) < 4.78 is 10.7. The third-order valence-corrected chi connectivity index (χ3v) is 3.50. The van der Waals surface area contributed by atoms with Crippen molar-refractivity contribution in [3.8, 4) is 0 Å². The van der Waals surface area contributed by atoms with E-state index in [0.29, 0.717) is 19.0 Å². The Kier molecular flexibility index (Phi) is 6.16. The summed E-state index contributed by atoms with van der Waals surface area (Å²) in [6, 6.07) is 1.95. The van der Waals surface area contributed by atoms with Gasteiger partial charge in [-0.15, -0.1) is 0 Å². The van der Waals surface area contributed by atoms with Gasteiger partial charge in [0.05, 0.1) is 19.3 Å². The minimum atomic E-state index is 0.0814. The molecule has 1 aromatic heterocycles. The molecule has 2 rings (SSSR count). The third kappa shape index (κ3) is 4.52. The highest BCUT2D eigenvalue weighted by Gasteiger charge is 2.21. The fourth-order valence-corrected chi connectivity index (χ4v) is 2.44. The Morgan fingerprint density at radius 2 is 2.14 bits per heavy atom. The van der Waals surface area contributed by atoms with Crippen LogP contribution in [0, 0.1) is 0 Å². The highest BCUT2D eigenvalue weighted by molar-refractivity contribution is 5.49. The van der Waals surface area contributed by atoms with Crippen molar-refractivity contribution in [2.24, 2.45) is 0 Å². The van der Waals surface area contributed by atoms with E-state index < -0.39 is 0 Å². The van der Waals surface area contributed by atoms with Gasteiger partial charge in [0.2, 0.25) is 0 Å². The highest BCUT2D eigenvalue weighted by atomic mass is 16.5. The van der Waals surface area contributed by atoms with Crippen LogP contribution in [0.2, 0.25) is 0 Å². The predicted octanol–water partition coefficient (Wildman–Crippen LogP) is 0.642. The summed E-state index contributed by atoms with van der Waals surface area (Å²) in [6.45, 7) is 2.68.